The molecule has 5 nitrogen and oxygen atoms in total. The second-order valence-electron chi connectivity index (χ2n) is 2.79. The molecule has 0 atom stereocenters. The molecule has 16 heavy (non-hydrogen) atoms. The van der Waals surface area contributed by atoms with E-state index in [1.165, 1.54) is 6.07 Å². The molecule has 0 unspecified atom stereocenters. The number of halogens is 2. The lowest BCUT2D eigenvalue weighted by Crippen LogP contribution is -2.30. The highest BCUT2D eigenvalue weighted by atomic mass is 79.9. The molecule has 0 heterocycles. The van der Waals surface area contributed by atoms with Crippen LogP contribution in [0, 0.1) is 5.82 Å². The first-order valence-corrected chi connectivity index (χ1v) is 6.27. The molecule has 0 fully saturated rings. The largest absolute Gasteiger partial charge is 0.480 e. The predicted octanol–water partition coefficient (Wildman–Crippen LogP) is 0.951. The Morgan fingerprint density at radius 2 is 2.12 bits per heavy atom. The minimum atomic E-state index is -4.13. The summed E-state index contributed by atoms with van der Waals surface area (Å²) < 4.78 is 38.3. The maximum atomic E-state index is 13.3. The minimum Gasteiger partial charge on any atom is -0.480 e. The van der Waals surface area contributed by atoms with Gasteiger partial charge in [-0.3, -0.25) is 4.79 Å². The molecule has 0 saturated heterocycles. The molecule has 0 aromatic heterocycles. The van der Waals surface area contributed by atoms with E-state index in [0.29, 0.717) is 4.47 Å². The van der Waals surface area contributed by atoms with Gasteiger partial charge in [-0.25, -0.2) is 12.8 Å². The Hall–Kier alpha value is -0.990. The maximum absolute atomic E-state index is 13.3. The normalized spacial score (nSPS) is 11.4. The van der Waals surface area contributed by atoms with Gasteiger partial charge in [-0.2, -0.15) is 4.72 Å². The summed E-state index contributed by atoms with van der Waals surface area (Å²) in [5.74, 6) is -2.30. The first-order chi connectivity index (χ1) is 7.33. The van der Waals surface area contributed by atoms with E-state index < -0.39 is 33.3 Å². The highest BCUT2D eigenvalue weighted by molar-refractivity contribution is 9.10. The van der Waals surface area contributed by atoms with E-state index >= 15 is 0 Å². The van der Waals surface area contributed by atoms with E-state index in [1.807, 2.05) is 0 Å². The van der Waals surface area contributed by atoms with Crippen molar-refractivity contribution >= 4 is 31.9 Å². The van der Waals surface area contributed by atoms with Gasteiger partial charge in [0.05, 0.1) is 0 Å². The van der Waals surface area contributed by atoms with Crippen molar-refractivity contribution in [3.63, 3.8) is 0 Å². The molecule has 2 N–H and O–H groups in total. The van der Waals surface area contributed by atoms with Crippen LogP contribution in [0.2, 0.25) is 0 Å². The quantitative estimate of drug-likeness (QED) is 0.867. The van der Waals surface area contributed by atoms with Gasteiger partial charge in [-0.1, -0.05) is 15.9 Å². The summed E-state index contributed by atoms with van der Waals surface area (Å²) >= 11 is 2.98. The number of hydrogen-bond acceptors (Lipinski definition) is 3. The first kappa shape index (κ1) is 13.1. The van der Waals surface area contributed by atoms with Crippen LogP contribution in [0.3, 0.4) is 0 Å². The number of carbonyl (C=O) groups is 1. The Balaban J connectivity index is 3.03. The van der Waals surface area contributed by atoms with Gasteiger partial charge in [0, 0.05) is 4.47 Å². The molecule has 0 radical (unpaired) electrons. The van der Waals surface area contributed by atoms with Crippen molar-refractivity contribution in [2.75, 3.05) is 6.54 Å². The summed E-state index contributed by atoms with van der Waals surface area (Å²) in [5, 5.41) is 8.31. The first-order valence-electron chi connectivity index (χ1n) is 3.99. The zero-order valence-corrected chi connectivity index (χ0v) is 10.2. The Kier molecular flexibility index (Phi) is 4.00. The van der Waals surface area contributed by atoms with Crippen LogP contribution < -0.4 is 4.72 Å². The standard InChI is InChI=1S/C8H7BrFNO4S/c9-5-1-2-7(6(10)3-5)16(14,15)11-4-8(12)13/h1-3,11H,4H2,(H,12,13). The minimum absolute atomic E-state index is 0.391. The average Bonchev–Trinajstić information content (AvgIpc) is 2.14. The second kappa shape index (κ2) is 4.89. The Morgan fingerprint density at radius 3 is 2.62 bits per heavy atom. The topological polar surface area (TPSA) is 83.5 Å². The molecule has 0 aliphatic rings. The second-order valence-corrected chi connectivity index (χ2v) is 5.44. The van der Waals surface area contributed by atoms with Crippen molar-refractivity contribution < 1.29 is 22.7 Å². The van der Waals surface area contributed by atoms with Crippen molar-refractivity contribution in [3.8, 4) is 0 Å². The Bertz CT molecular complexity index is 517. The van der Waals surface area contributed by atoms with Gasteiger partial charge >= 0.3 is 5.97 Å². The molecule has 0 aliphatic carbocycles. The van der Waals surface area contributed by atoms with Crippen LogP contribution >= 0.6 is 15.9 Å². The van der Waals surface area contributed by atoms with E-state index in [-0.39, 0.29) is 0 Å². The van der Waals surface area contributed by atoms with Crippen LogP contribution in [0.5, 0.6) is 0 Å². The summed E-state index contributed by atoms with van der Waals surface area (Å²) in [6.07, 6.45) is 0. The number of carboxylic acid groups (broad SMARTS) is 1. The third-order valence-corrected chi connectivity index (χ3v) is 3.52. The fourth-order valence-corrected chi connectivity index (χ4v) is 2.29. The number of aliphatic carboxylic acids is 1. The predicted molar refractivity (Wildman–Crippen MR) is 56.9 cm³/mol. The van der Waals surface area contributed by atoms with Crippen LogP contribution in [-0.2, 0) is 14.8 Å². The lowest BCUT2D eigenvalue weighted by atomic mass is 10.3. The van der Waals surface area contributed by atoms with Crippen LogP contribution in [0.4, 0.5) is 4.39 Å². The zero-order valence-electron chi connectivity index (χ0n) is 7.78. The molecule has 0 bridgehead atoms. The Labute approximate surface area is 99.5 Å². The van der Waals surface area contributed by atoms with E-state index in [9.17, 15) is 17.6 Å². The van der Waals surface area contributed by atoms with Crippen LogP contribution in [0.1, 0.15) is 0 Å². The van der Waals surface area contributed by atoms with Crippen LogP contribution in [0.25, 0.3) is 0 Å². The molecular formula is C8H7BrFNO4S. The van der Waals surface area contributed by atoms with Crippen LogP contribution in [0.15, 0.2) is 27.6 Å². The van der Waals surface area contributed by atoms with Crippen molar-refractivity contribution in [2.24, 2.45) is 0 Å². The van der Waals surface area contributed by atoms with Gasteiger partial charge in [-0.05, 0) is 18.2 Å². The Morgan fingerprint density at radius 1 is 1.50 bits per heavy atom. The SMILES string of the molecule is O=C(O)CNS(=O)(=O)c1ccc(Br)cc1F. The number of nitrogens with one attached hydrogen (secondary N) is 1. The van der Waals surface area contributed by atoms with Gasteiger partial charge in [0.2, 0.25) is 10.0 Å². The number of hydrogen-bond donors (Lipinski definition) is 2. The van der Waals surface area contributed by atoms with E-state index in [4.69, 9.17) is 5.11 Å². The summed E-state index contributed by atoms with van der Waals surface area (Å²) in [5.41, 5.74) is 0. The molecule has 0 amide bonds. The van der Waals surface area contributed by atoms with Crippen molar-refractivity contribution in [1.29, 1.82) is 0 Å². The fourth-order valence-electron chi connectivity index (χ4n) is 0.928. The molecule has 0 spiro atoms. The molecule has 0 aliphatic heterocycles. The number of carboxylic acids is 1. The lowest BCUT2D eigenvalue weighted by Gasteiger charge is -2.05. The highest BCUT2D eigenvalue weighted by Crippen LogP contribution is 2.18. The van der Waals surface area contributed by atoms with Crippen molar-refractivity contribution in [3.05, 3.63) is 28.5 Å². The van der Waals surface area contributed by atoms with E-state index in [2.05, 4.69) is 15.9 Å². The summed E-state index contributed by atoms with van der Waals surface area (Å²) in [7, 11) is -4.13. The highest BCUT2D eigenvalue weighted by Gasteiger charge is 2.19. The average molecular weight is 312 g/mol. The number of rotatable bonds is 4. The van der Waals surface area contributed by atoms with Gasteiger partial charge in [-0.15, -0.1) is 0 Å². The molecule has 1 rings (SSSR count). The van der Waals surface area contributed by atoms with Crippen molar-refractivity contribution in [2.45, 2.75) is 4.90 Å². The third-order valence-electron chi connectivity index (χ3n) is 1.60. The third kappa shape index (κ3) is 3.26. The molecule has 88 valence electrons. The maximum Gasteiger partial charge on any atom is 0.318 e. The molecule has 8 heteroatoms. The van der Waals surface area contributed by atoms with Gasteiger partial charge in [0.1, 0.15) is 17.3 Å². The molecule has 1 aromatic rings. The number of benzene rings is 1. The summed E-state index contributed by atoms with van der Waals surface area (Å²) in [6.45, 7) is -0.794. The smallest absolute Gasteiger partial charge is 0.318 e. The van der Waals surface area contributed by atoms with Crippen molar-refractivity contribution in [1.82, 2.24) is 4.72 Å². The lowest BCUT2D eigenvalue weighted by molar-refractivity contribution is -0.135. The van der Waals surface area contributed by atoms with E-state index in [0.717, 1.165) is 12.1 Å². The summed E-state index contributed by atoms with van der Waals surface area (Å²) in [6, 6.07) is 3.37. The zero-order chi connectivity index (χ0) is 12.3. The number of sulfonamides is 1. The van der Waals surface area contributed by atoms with Gasteiger partial charge < -0.3 is 5.11 Å². The fraction of sp³-hybridized carbons (Fsp3) is 0.125. The monoisotopic (exact) mass is 311 g/mol. The molecule has 0 saturated carbocycles. The van der Waals surface area contributed by atoms with Gasteiger partial charge in [0.15, 0.2) is 0 Å². The molecule has 1 aromatic carbocycles. The van der Waals surface area contributed by atoms with Gasteiger partial charge in [0.25, 0.3) is 0 Å². The summed E-state index contributed by atoms with van der Waals surface area (Å²) in [4.78, 5) is 9.60. The van der Waals surface area contributed by atoms with Crippen LogP contribution in [-0.4, -0.2) is 26.0 Å². The van der Waals surface area contributed by atoms with E-state index in [1.54, 1.807) is 4.72 Å². The molecular weight excluding hydrogens is 305 g/mol.